The van der Waals surface area contributed by atoms with E-state index < -0.39 is 12.0 Å². The van der Waals surface area contributed by atoms with Gasteiger partial charge in [0.1, 0.15) is 5.75 Å². The first-order chi connectivity index (χ1) is 13.0. The van der Waals surface area contributed by atoms with Crippen LogP contribution >= 0.6 is 0 Å². The third kappa shape index (κ3) is 4.00. The zero-order valence-electron chi connectivity index (χ0n) is 15.1. The molecular formula is C21H20N2O4. The number of hydrogen-bond acceptors (Lipinski definition) is 4. The Bertz CT molecular complexity index is 983. The van der Waals surface area contributed by atoms with Crippen molar-refractivity contribution in [3.05, 3.63) is 66.2 Å². The van der Waals surface area contributed by atoms with Gasteiger partial charge < -0.3 is 15.2 Å². The van der Waals surface area contributed by atoms with Crippen molar-refractivity contribution in [1.82, 2.24) is 0 Å². The number of amides is 2. The molecule has 0 bridgehead atoms. The van der Waals surface area contributed by atoms with Crippen molar-refractivity contribution in [1.29, 1.82) is 0 Å². The summed E-state index contributed by atoms with van der Waals surface area (Å²) in [6.07, 6.45) is -0.449. The number of aromatic hydroxyl groups is 1. The molecule has 2 amide bonds. The number of carbonyl (C=O) groups excluding carboxylic acids is 2. The van der Waals surface area contributed by atoms with E-state index in [2.05, 4.69) is 5.32 Å². The van der Waals surface area contributed by atoms with Gasteiger partial charge in [0.25, 0.3) is 5.91 Å². The second kappa shape index (κ2) is 7.78. The highest BCUT2D eigenvalue weighted by Crippen LogP contribution is 2.26. The van der Waals surface area contributed by atoms with Crippen LogP contribution < -0.4 is 10.2 Å². The predicted molar refractivity (Wildman–Crippen MR) is 105 cm³/mol. The minimum atomic E-state index is -0.449. The van der Waals surface area contributed by atoms with Crippen LogP contribution in [-0.2, 0) is 4.74 Å². The first-order valence-corrected chi connectivity index (χ1v) is 8.53. The summed E-state index contributed by atoms with van der Waals surface area (Å²) in [4.78, 5) is 25.7. The van der Waals surface area contributed by atoms with Gasteiger partial charge in [0.2, 0.25) is 0 Å². The Balaban J connectivity index is 1.76. The van der Waals surface area contributed by atoms with Crippen molar-refractivity contribution in [2.75, 3.05) is 23.9 Å². The van der Waals surface area contributed by atoms with E-state index in [1.807, 2.05) is 24.3 Å². The van der Waals surface area contributed by atoms with Gasteiger partial charge in [-0.3, -0.25) is 9.69 Å². The molecule has 0 aliphatic heterocycles. The van der Waals surface area contributed by atoms with Crippen molar-refractivity contribution in [3.8, 4) is 5.75 Å². The third-order valence-electron chi connectivity index (χ3n) is 4.16. The molecule has 0 aliphatic carbocycles. The standard InChI is InChI=1S/C21H20N2O4/c1-3-27-21(26)23(2)17-10-8-16(9-11-17)22-20(25)18-12-14-6-4-5-7-15(14)13-19(18)24/h4-13,24H,3H2,1-2H3,(H,22,25). The zero-order valence-corrected chi connectivity index (χ0v) is 15.1. The highest BCUT2D eigenvalue weighted by atomic mass is 16.6. The Morgan fingerprint density at radius 2 is 1.67 bits per heavy atom. The lowest BCUT2D eigenvalue weighted by atomic mass is 10.1. The van der Waals surface area contributed by atoms with Crippen molar-refractivity contribution >= 4 is 34.1 Å². The topological polar surface area (TPSA) is 78.9 Å². The molecule has 0 aliphatic rings. The molecule has 2 N–H and O–H groups in total. The number of hydrogen-bond donors (Lipinski definition) is 2. The highest BCUT2D eigenvalue weighted by molar-refractivity contribution is 6.08. The van der Waals surface area contributed by atoms with Gasteiger partial charge in [-0.2, -0.15) is 0 Å². The van der Waals surface area contributed by atoms with E-state index in [0.717, 1.165) is 10.8 Å². The van der Waals surface area contributed by atoms with Crippen molar-refractivity contribution < 1.29 is 19.4 Å². The molecule has 0 atom stereocenters. The maximum atomic E-state index is 12.5. The quantitative estimate of drug-likeness (QED) is 0.720. The van der Waals surface area contributed by atoms with Gasteiger partial charge in [-0.15, -0.1) is 0 Å². The van der Waals surface area contributed by atoms with E-state index in [0.29, 0.717) is 18.0 Å². The number of nitrogens with one attached hydrogen (secondary N) is 1. The molecule has 3 aromatic rings. The van der Waals surface area contributed by atoms with Crippen LogP contribution in [0.3, 0.4) is 0 Å². The summed E-state index contributed by atoms with van der Waals surface area (Å²) in [6, 6.07) is 17.5. The minimum Gasteiger partial charge on any atom is -0.507 e. The van der Waals surface area contributed by atoms with Gasteiger partial charge in [-0.25, -0.2) is 4.79 Å². The maximum absolute atomic E-state index is 12.5. The van der Waals surface area contributed by atoms with Crippen LogP contribution in [0.1, 0.15) is 17.3 Å². The van der Waals surface area contributed by atoms with Crippen molar-refractivity contribution in [2.45, 2.75) is 6.92 Å². The monoisotopic (exact) mass is 364 g/mol. The highest BCUT2D eigenvalue weighted by Gasteiger charge is 2.14. The lowest BCUT2D eigenvalue weighted by Crippen LogP contribution is -2.26. The van der Waals surface area contributed by atoms with Crippen LogP contribution in [-0.4, -0.2) is 30.8 Å². The number of phenols is 1. The largest absolute Gasteiger partial charge is 0.507 e. The predicted octanol–water partition coefficient (Wildman–Crippen LogP) is 4.39. The Kier molecular flexibility index (Phi) is 5.26. The molecule has 0 aromatic heterocycles. The number of carbonyl (C=O) groups is 2. The maximum Gasteiger partial charge on any atom is 0.413 e. The molecular weight excluding hydrogens is 344 g/mol. The first-order valence-electron chi connectivity index (χ1n) is 8.53. The number of nitrogens with zero attached hydrogens (tertiary/aromatic N) is 1. The molecule has 138 valence electrons. The van der Waals surface area contributed by atoms with E-state index in [1.165, 1.54) is 4.90 Å². The second-order valence-electron chi connectivity index (χ2n) is 5.98. The van der Waals surface area contributed by atoms with Crippen LogP contribution in [0.5, 0.6) is 5.75 Å². The number of phenolic OH excluding ortho intramolecular Hbond substituents is 1. The van der Waals surface area contributed by atoms with Crippen LogP contribution in [0.2, 0.25) is 0 Å². The van der Waals surface area contributed by atoms with E-state index in [1.54, 1.807) is 50.4 Å². The molecule has 27 heavy (non-hydrogen) atoms. The molecule has 6 heteroatoms. The molecule has 0 radical (unpaired) electrons. The van der Waals surface area contributed by atoms with Gasteiger partial charge in [0, 0.05) is 18.4 Å². The Morgan fingerprint density at radius 3 is 2.30 bits per heavy atom. The molecule has 0 spiro atoms. The summed E-state index contributed by atoms with van der Waals surface area (Å²) >= 11 is 0. The van der Waals surface area contributed by atoms with Gasteiger partial charge in [-0.1, -0.05) is 24.3 Å². The molecule has 3 rings (SSSR count). The summed E-state index contributed by atoms with van der Waals surface area (Å²) < 4.78 is 4.95. The van der Waals surface area contributed by atoms with Gasteiger partial charge in [0.05, 0.1) is 12.2 Å². The number of benzene rings is 3. The van der Waals surface area contributed by atoms with E-state index in [4.69, 9.17) is 4.74 Å². The summed E-state index contributed by atoms with van der Waals surface area (Å²) in [5.41, 5.74) is 1.38. The fourth-order valence-electron chi connectivity index (χ4n) is 2.70. The molecule has 0 unspecified atom stereocenters. The Hall–Kier alpha value is -3.54. The second-order valence-corrected chi connectivity index (χ2v) is 5.98. The van der Waals surface area contributed by atoms with Crippen molar-refractivity contribution in [3.63, 3.8) is 0 Å². The molecule has 0 saturated carbocycles. The molecule has 3 aromatic carbocycles. The van der Waals surface area contributed by atoms with Crippen LogP contribution in [0.4, 0.5) is 16.2 Å². The minimum absolute atomic E-state index is 0.0788. The van der Waals surface area contributed by atoms with Crippen LogP contribution in [0, 0.1) is 0 Å². The number of anilines is 2. The average Bonchev–Trinajstić information content (AvgIpc) is 2.67. The fraction of sp³-hybridized carbons (Fsp3) is 0.143. The van der Waals surface area contributed by atoms with Gasteiger partial charge in [0.15, 0.2) is 0 Å². The first kappa shape index (κ1) is 18.3. The average molecular weight is 364 g/mol. The molecule has 0 fully saturated rings. The summed E-state index contributed by atoms with van der Waals surface area (Å²) in [6.45, 7) is 2.04. The van der Waals surface area contributed by atoms with Gasteiger partial charge in [-0.05, 0) is 54.1 Å². The van der Waals surface area contributed by atoms with E-state index >= 15 is 0 Å². The lowest BCUT2D eigenvalue weighted by Gasteiger charge is -2.17. The number of rotatable bonds is 4. The van der Waals surface area contributed by atoms with Crippen molar-refractivity contribution in [2.24, 2.45) is 0 Å². The molecule has 0 heterocycles. The smallest absolute Gasteiger partial charge is 0.413 e. The summed E-state index contributed by atoms with van der Waals surface area (Å²) in [5.74, 6) is -0.491. The summed E-state index contributed by atoms with van der Waals surface area (Å²) in [7, 11) is 1.61. The normalized spacial score (nSPS) is 10.4. The summed E-state index contributed by atoms with van der Waals surface area (Å²) in [5, 5.41) is 14.6. The third-order valence-corrected chi connectivity index (χ3v) is 4.16. The zero-order chi connectivity index (χ0) is 19.4. The number of fused-ring (bicyclic) bond motifs is 1. The van der Waals surface area contributed by atoms with E-state index in [9.17, 15) is 14.7 Å². The fourth-order valence-corrected chi connectivity index (χ4v) is 2.70. The number of ether oxygens (including phenoxy) is 1. The molecule has 6 nitrogen and oxygen atoms in total. The lowest BCUT2D eigenvalue weighted by molar-refractivity contribution is 0.102. The Morgan fingerprint density at radius 1 is 1.04 bits per heavy atom. The van der Waals surface area contributed by atoms with Crippen LogP contribution in [0.15, 0.2) is 60.7 Å². The molecule has 0 saturated heterocycles. The van der Waals surface area contributed by atoms with Gasteiger partial charge >= 0.3 is 6.09 Å². The Labute approximate surface area is 157 Å². The van der Waals surface area contributed by atoms with Crippen LogP contribution in [0.25, 0.3) is 10.8 Å². The SMILES string of the molecule is CCOC(=O)N(C)c1ccc(NC(=O)c2cc3ccccc3cc2O)cc1. The van der Waals surface area contributed by atoms with E-state index in [-0.39, 0.29) is 11.3 Å².